The maximum atomic E-state index is 14.3. The Morgan fingerprint density at radius 2 is 0.947 bits per heavy atom. The van der Waals surface area contributed by atoms with Gasteiger partial charge in [-0.2, -0.15) is 25.4 Å². The Morgan fingerprint density at radius 3 is 1.27 bits per heavy atom. The van der Waals surface area contributed by atoms with Crippen LogP contribution in [0, 0.1) is 45.3 Å². The van der Waals surface area contributed by atoms with Gasteiger partial charge in [-0.15, -0.1) is 35.6 Å². The number of imidazole rings is 2. The second-order valence-corrected chi connectivity index (χ2v) is 42.0. The van der Waals surface area contributed by atoms with Crippen molar-refractivity contribution in [3.05, 3.63) is 140 Å². The summed E-state index contributed by atoms with van der Waals surface area (Å²) in [7, 11) is -2.91. The predicted molar refractivity (Wildman–Crippen MR) is 517 cm³/mol. The molecule has 4 aromatic carbocycles. The molecule has 5 atom stereocenters. The van der Waals surface area contributed by atoms with Gasteiger partial charge in [0, 0.05) is 103 Å². The molecular formula is C87H123AlCl8LiN17O17S2. The zero-order chi connectivity index (χ0) is 98.7. The van der Waals surface area contributed by atoms with E-state index in [-0.39, 0.29) is 138 Å². The van der Waals surface area contributed by atoms with Crippen LogP contribution < -0.4 is 55.7 Å². The van der Waals surface area contributed by atoms with E-state index in [2.05, 4.69) is 37.3 Å². The molecule has 0 spiro atoms. The van der Waals surface area contributed by atoms with Crippen molar-refractivity contribution in [2.45, 2.75) is 248 Å². The summed E-state index contributed by atoms with van der Waals surface area (Å²) in [5.41, 5.74) is -0.194. The fraction of sp³-hybridized carbons (Fsp3) is 0.540. The van der Waals surface area contributed by atoms with Crippen molar-refractivity contribution in [1.29, 1.82) is 21.0 Å². The first-order valence-corrected chi connectivity index (χ1v) is 47.5. The van der Waals surface area contributed by atoms with Gasteiger partial charge < -0.3 is 63.4 Å². The molecule has 6 aliphatic heterocycles. The number of fused-ring (bicyclic) bond motifs is 2. The number of hydrogen-bond acceptors (Lipinski definition) is 25. The maximum Gasteiger partial charge on any atom is 1.00 e. The monoisotopic (exact) mass is 2060 g/mol. The number of nitrogens with zero attached hydrogens (tertiary/aromatic N) is 12. The van der Waals surface area contributed by atoms with Crippen LogP contribution in [0.2, 0.25) is 20.1 Å². The summed E-state index contributed by atoms with van der Waals surface area (Å²) < 4.78 is 67.1. The topological polar surface area (TPSA) is 508 Å². The predicted octanol–water partition coefficient (Wildman–Crippen LogP) is 8.36. The van der Waals surface area contributed by atoms with Crippen molar-refractivity contribution >= 4 is 188 Å². The molecule has 0 bridgehead atoms. The third-order valence-electron chi connectivity index (χ3n) is 19.2. The van der Waals surface area contributed by atoms with Crippen molar-refractivity contribution in [3.63, 3.8) is 0 Å². The minimum atomic E-state index is -4.35. The quantitative estimate of drug-likeness (QED) is 0.0157. The number of alkyl halides is 2. The number of carbonyl (C=O) groups excluding carboxylic acids is 6. The number of amides is 6. The second kappa shape index (κ2) is 54.3. The third kappa shape index (κ3) is 39.0. The van der Waals surface area contributed by atoms with Crippen molar-refractivity contribution in [3.8, 4) is 24.3 Å². The Hall–Kier alpha value is -7.13. The van der Waals surface area contributed by atoms with Gasteiger partial charge in [0.25, 0.3) is 30.9 Å². The summed E-state index contributed by atoms with van der Waals surface area (Å²) in [6, 6.07) is 28.5. The van der Waals surface area contributed by atoms with E-state index in [0.717, 1.165) is 55.1 Å². The summed E-state index contributed by atoms with van der Waals surface area (Å²) in [5, 5.41) is 91.6. The van der Waals surface area contributed by atoms with Gasteiger partial charge >= 0.3 is 25.0 Å². The molecule has 2 aromatic heterocycles. The summed E-state index contributed by atoms with van der Waals surface area (Å²) >= 11 is 34.3. The number of aliphatic hydroxyl groups is 5. The van der Waals surface area contributed by atoms with Crippen molar-refractivity contribution < 1.29 is 101 Å². The van der Waals surface area contributed by atoms with Crippen LogP contribution in [0.4, 0.5) is 28.1 Å². The fourth-order valence-electron chi connectivity index (χ4n) is 13.1. The van der Waals surface area contributed by atoms with Gasteiger partial charge in [-0.25, -0.2) is 41.4 Å². The first kappa shape index (κ1) is 124. The van der Waals surface area contributed by atoms with Gasteiger partial charge in [-0.3, -0.25) is 38.0 Å². The van der Waals surface area contributed by atoms with Crippen LogP contribution in [0.5, 0.6) is 0 Å². The number of anilines is 4. The molecule has 6 amide bonds. The molecule has 11 N–H and O–H groups in total. The van der Waals surface area contributed by atoms with E-state index in [9.17, 15) is 66.2 Å². The Bertz CT molecular complexity index is 5230. The van der Waals surface area contributed by atoms with Crippen LogP contribution in [-0.4, -0.2) is 240 Å². The van der Waals surface area contributed by atoms with Crippen molar-refractivity contribution in [1.82, 2.24) is 49.6 Å². The van der Waals surface area contributed by atoms with Gasteiger partial charge in [0.05, 0.1) is 93.0 Å². The number of sulfonamides is 1. The summed E-state index contributed by atoms with van der Waals surface area (Å²) in [6.07, 6.45) is 8.71. The molecule has 6 aromatic rings. The number of hydrogen-bond donors (Lipinski definition) is 10. The number of rotatable bonds is 19. The molecule has 8 heterocycles. The molecule has 6 aliphatic rings. The number of carbonyl (C=O) groups is 6. The smallest absolute Gasteiger partial charge is 1.00 e. The number of nitrogens with one attached hydrogen (secondary N) is 4. The molecule has 4 fully saturated rings. The Morgan fingerprint density at radius 1 is 0.594 bits per heavy atom. The van der Waals surface area contributed by atoms with E-state index >= 15 is 0 Å². The average molecular weight is 2060 g/mol. The van der Waals surface area contributed by atoms with E-state index in [1.54, 1.807) is 137 Å². The molecule has 46 heteroatoms. The minimum absolute atomic E-state index is 0. The molecule has 0 radical (unpaired) electrons. The third-order valence-corrected chi connectivity index (χ3v) is 23.2. The van der Waals surface area contributed by atoms with E-state index in [0.29, 0.717) is 77.0 Å². The maximum absolute atomic E-state index is 14.3. The number of aromatic nitrogens is 4. The van der Waals surface area contributed by atoms with Crippen LogP contribution in [0.3, 0.4) is 0 Å². The van der Waals surface area contributed by atoms with Gasteiger partial charge in [0.15, 0.2) is 27.4 Å². The largest absolute Gasteiger partial charge is 1.00 e. The normalized spacial score (nSPS) is 18.3. The van der Waals surface area contributed by atoms with Gasteiger partial charge in [0.2, 0.25) is 29.6 Å². The molecule has 0 aliphatic carbocycles. The van der Waals surface area contributed by atoms with E-state index in [1.165, 1.54) is 114 Å². The summed E-state index contributed by atoms with van der Waals surface area (Å²) in [4.78, 5) is 89.2. The van der Waals surface area contributed by atoms with Crippen molar-refractivity contribution in [2.75, 3.05) is 74.2 Å². The van der Waals surface area contributed by atoms with Crippen LogP contribution in [0.15, 0.2) is 107 Å². The van der Waals surface area contributed by atoms with E-state index in [4.69, 9.17) is 121 Å². The summed E-state index contributed by atoms with van der Waals surface area (Å²) in [6.45, 7) is 30.2. The second-order valence-electron chi connectivity index (χ2n) is 35.1. The molecule has 133 heavy (non-hydrogen) atoms. The molecule has 0 saturated carbocycles. The Labute approximate surface area is 844 Å². The molecule has 12 rings (SSSR count). The fourth-order valence-corrected chi connectivity index (χ4v) is 17.0. The van der Waals surface area contributed by atoms with Crippen LogP contribution in [-0.2, 0) is 76.4 Å². The number of nitrogens with two attached hydrogens (primary N) is 1. The Balaban J connectivity index is 0.00000170. The number of ether oxygens (including phenoxy) is 2. The standard InChI is InChI=1S/C29H30Cl2N6O5S.C20H13Cl3N4O3S.C14H26N2O4.C9H18N2O2.C4H11NO.C4H7NO.C4H8O.C2H3N.CH2Cl2.Al.ClH.Li.4H/c1-28(2,40)17-34-25(38)23-5-4-10-35(23)43(41,42)24-16-33-27-36(22-12-20(30)11-21(31)13-22)26(39)29(3,37(24)27)14-18-6-8-19(15-32)9-7-18;1-20(9-12-2-4-13(10-24)5-3-12)18(28)26(16-7-14(21)6-15(22)8-16)19-25-11-17(27(19)20)31(23,29)30;1-13(2,3)20-12(18)16-8-6-7-10(16)11(17)15-9-14(4,5)19;1-9(2,13)6-11-8(12)7-4-3-5-10-7;2*1-4(2,6)3-5;1-2-4-5-3-1;1-2-3;2-1-3;;;;;;;/h6-9,11-13,16,23,40H,4-5,10,14,17H2,1-3H3,(H,34,38);2-8,11H,9H2,1H3;10,19H,6-9H2,1-5H3,(H,15,17);7,10,13H,3-6H2,1-2H3,(H,11,12);6H,3,5H2,1-2H3;6H,1-2H3;1-4H2;1H3;1H2;;1H;;;;;/q;;;;;;;;;;;+1;;;;-1/t23-,29+;20-;10-;7-;;;;;;;;;;;;/m0100............/s1. The van der Waals surface area contributed by atoms with Crippen LogP contribution in [0.25, 0.3) is 0 Å². The average Bonchev–Trinajstić information content (AvgIpc) is 1.56. The zero-order valence-electron chi connectivity index (χ0n) is 78.1. The SMILES string of the molecule is C1CCOC1.CC#N.CC(C)(O)C#N.CC(C)(O)CN.CC(C)(O)CNC(=O)[C@@H]1CCCN1.CC(C)(O)CNC(=O)[C@@H]1CCCN1C(=O)OC(C)(C)C.CC(C)(O)CNC(=O)[C@@H]1CCCN1S(=O)(=O)c1cnc2n1[C@](C)(Cc1ccc(C#N)cc1)C(=O)N2c1cc(Cl)cc(Cl)c1.C[C@@]1(Cc2ccc(C#N)cc2)C(=O)N(c2cc(Cl)cc(Cl)c2)c2ncc(S(=O)(=O)Cl)n21.Cl.ClCCl.[AlH3].[H-].[Li+]. The molecule has 4 saturated heterocycles. The number of nitriles is 4. The van der Waals surface area contributed by atoms with E-state index in [1.807, 2.05) is 6.07 Å². The number of halogens is 8. The van der Waals surface area contributed by atoms with Crippen LogP contribution in [0.1, 0.15) is 186 Å². The van der Waals surface area contributed by atoms with Gasteiger partial charge in [-0.1, -0.05) is 70.7 Å². The number of benzene rings is 4. The zero-order valence-corrected chi connectivity index (χ0v) is 84.8. The molecule has 730 valence electrons. The van der Waals surface area contributed by atoms with Gasteiger partial charge in [-0.05, 0) is 234 Å². The van der Waals surface area contributed by atoms with E-state index < -0.39 is 99.7 Å². The minimum Gasteiger partial charge on any atom is -1.00 e. The van der Waals surface area contributed by atoms with Crippen LogP contribution >= 0.6 is 92.7 Å². The summed E-state index contributed by atoms with van der Waals surface area (Å²) in [5.74, 6) is -1.51. The first-order valence-electron chi connectivity index (χ1n) is 41.2. The Kier molecular flexibility index (Phi) is 50.6. The molecule has 34 nitrogen and oxygen atoms in total. The molecular weight excluding hydrogens is 1940 g/mol. The number of likely N-dealkylation sites (tertiary alicyclic amines) is 1. The van der Waals surface area contributed by atoms with Crippen molar-refractivity contribution in [2.24, 2.45) is 5.73 Å². The first-order chi connectivity index (χ1) is 60.1. The molecule has 0 unspecified atom stereocenters. The van der Waals surface area contributed by atoms with Gasteiger partial charge in [0.1, 0.15) is 34.4 Å².